The lowest BCUT2D eigenvalue weighted by molar-refractivity contribution is 0.0628. The fourth-order valence-corrected chi connectivity index (χ4v) is 3.72. The number of fused-ring (bicyclic) bond motifs is 1. The summed E-state index contributed by atoms with van der Waals surface area (Å²) in [6, 6.07) is 9.02. The average molecular weight is 358 g/mol. The number of nitrogens with zero attached hydrogens (tertiary/aromatic N) is 2. The van der Waals surface area contributed by atoms with Crippen LogP contribution in [0.15, 0.2) is 35.7 Å². The Labute approximate surface area is 149 Å². The second-order valence-corrected chi connectivity index (χ2v) is 6.98. The van der Waals surface area contributed by atoms with Crippen LogP contribution in [0.1, 0.15) is 20.0 Å². The summed E-state index contributed by atoms with van der Waals surface area (Å²) in [6.45, 7) is 3.24. The highest BCUT2D eigenvalue weighted by Crippen LogP contribution is 2.32. The SMILES string of the molecule is O=C(CN1CCN(C(=O)c2cccs2)CC1)c1ccc2c(c1)OCO2. The van der Waals surface area contributed by atoms with E-state index in [9.17, 15) is 9.59 Å². The number of carbonyl (C=O) groups is 2. The molecule has 2 aliphatic heterocycles. The van der Waals surface area contributed by atoms with Crippen LogP contribution >= 0.6 is 11.3 Å². The van der Waals surface area contributed by atoms with E-state index in [-0.39, 0.29) is 18.5 Å². The van der Waals surface area contributed by atoms with Gasteiger partial charge in [-0.3, -0.25) is 14.5 Å². The molecule has 0 atom stereocenters. The van der Waals surface area contributed by atoms with Crippen molar-refractivity contribution in [2.45, 2.75) is 0 Å². The molecule has 1 aromatic carbocycles. The molecule has 7 heteroatoms. The van der Waals surface area contributed by atoms with E-state index < -0.39 is 0 Å². The Hall–Kier alpha value is -2.38. The van der Waals surface area contributed by atoms with Crippen LogP contribution in [0, 0.1) is 0 Å². The number of carbonyl (C=O) groups excluding carboxylic acids is 2. The van der Waals surface area contributed by atoms with Gasteiger partial charge >= 0.3 is 0 Å². The number of Topliss-reactive ketones (excluding diaryl/α,β-unsaturated/α-hetero) is 1. The van der Waals surface area contributed by atoms with Crippen molar-refractivity contribution in [3.05, 3.63) is 46.2 Å². The summed E-state index contributed by atoms with van der Waals surface area (Å²) < 4.78 is 10.6. The molecule has 1 fully saturated rings. The van der Waals surface area contributed by atoms with Crippen LogP contribution in [-0.4, -0.2) is 61.0 Å². The average Bonchev–Trinajstić information content (AvgIpc) is 3.32. The summed E-state index contributed by atoms with van der Waals surface area (Å²) >= 11 is 1.46. The summed E-state index contributed by atoms with van der Waals surface area (Å²) in [4.78, 5) is 29.6. The molecule has 6 nitrogen and oxygen atoms in total. The summed E-state index contributed by atoms with van der Waals surface area (Å²) in [5, 5.41) is 1.91. The molecule has 0 N–H and O–H groups in total. The van der Waals surface area contributed by atoms with Gasteiger partial charge in [0.25, 0.3) is 5.91 Å². The zero-order valence-electron chi connectivity index (χ0n) is 13.6. The van der Waals surface area contributed by atoms with Crippen LogP contribution in [0.2, 0.25) is 0 Å². The Balaban J connectivity index is 1.32. The maximum absolute atomic E-state index is 12.5. The van der Waals surface area contributed by atoms with Crippen LogP contribution in [0.25, 0.3) is 0 Å². The molecule has 4 rings (SSSR count). The van der Waals surface area contributed by atoms with Gasteiger partial charge in [0.2, 0.25) is 6.79 Å². The standard InChI is InChI=1S/C18H18N2O4S/c21-14(13-3-4-15-16(10-13)24-12-23-15)11-19-5-7-20(8-6-19)18(22)17-2-1-9-25-17/h1-4,9-10H,5-8,11-12H2. The van der Waals surface area contributed by atoms with Gasteiger partial charge < -0.3 is 14.4 Å². The molecule has 0 unspecified atom stereocenters. The number of piperazine rings is 1. The maximum atomic E-state index is 12.5. The maximum Gasteiger partial charge on any atom is 0.264 e. The third-order valence-electron chi connectivity index (χ3n) is 4.45. The van der Waals surface area contributed by atoms with E-state index in [0.717, 1.165) is 4.88 Å². The predicted octanol–water partition coefficient (Wildman–Crippen LogP) is 2.12. The summed E-state index contributed by atoms with van der Waals surface area (Å²) in [5.41, 5.74) is 0.626. The fourth-order valence-electron chi connectivity index (χ4n) is 3.03. The molecule has 0 radical (unpaired) electrons. The van der Waals surface area contributed by atoms with E-state index in [1.165, 1.54) is 11.3 Å². The van der Waals surface area contributed by atoms with Crippen LogP contribution in [0.5, 0.6) is 11.5 Å². The minimum atomic E-state index is 0.0522. The topological polar surface area (TPSA) is 59.1 Å². The normalized spacial score (nSPS) is 16.9. The number of benzene rings is 1. The molecule has 0 bridgehead atoms. The zero-order valence-corrected chi connectivity index (χ0v) is 14.5. The van der Waals surface area contributed by atoms with Crippen LogP contribution in [0.3, 0.4) is 0 Å². The highest BCUT2D eigenvalue weighted by Gasteiger charge is 2.24. The number of rotatable bonds is 4. The van der Waals surface area contributed by atoms with E-state index in [4.69, 9.17) is 9.47 Å². The van der Waals surface area contributed by atoms with Gasteiger partial charge in [-0.15, -0.1) is 11.3 Å². The molecule has 3 heterocycles. The Morgan fingerprint density at radius 2 is 1.84 bits per heavy atom. The molecule has 0 saturated carbocycles. The molecule has 1 aromatic heterocycles. The lowest BCUT2D eigenvalue weighted by Gasteiger charge is -2.34. The Kier molecular flexibility index (Phi) is 4.42. The first kappa shape index (κ1) is 16.1. The van der Waals surface area contributed by atoms with Crippen molar-refractivity contribution in [3.63, 3.8) is 0 Å². The van der Waals surface area contributed by atoms with Gasteiger partial charge in [-0.1, -0.05) is 6.07 Å². The smallest absolute Gasteiger partial charge is 0.264 e. The molecule has 0 aliphatic carbocycles. The van der Waals surface area contributed by atoms with E-state index >= 15 is 0 Å². The third-order valence-corrected chi connectivity index (χ3v) is 5.31. The highest BCUT2D eigenvalue weighted by atomic mass is 32.1. The summed E-state index contributed by atoms with van der Waals surface area (Å²) in [6.07, 6.45) is 0. The number of amides is 1. The minimum Gasteiger partial charge on any atom is -0.454 e. The number of ether oxygens (including phenoxy) is 2. The Morgan fingerprint density at radius 3 is 2.60 bits per heavy atom. The van der Waals surface area contributed by atoms with Crippen molar-refractivity contribution in [2.75, 3.05) is 39.5 Å². The third kappa shape index (κ3) is 3.38. The fraction of sp³-hybridized carbons (Fsp3) is 0.333. The molecular formula is C18H18N2O4S. The van der Waals surface area contributed by atoms with E-state index in [1.807, 2.05) is 22.4 Å². The quantitative estimate of drug-likeness (QED) is 0.784. The van der Waals surface area contributed by atoms with Crippen LogP contribution < -0.4 is 9.47 Å². The van der Waals surface area contributed by atoms with Crippen molar-refractivity contribution in [1.29, 1.82) is 0 Å². The Bertz CT molecular complexity index is 782. The van der Waals surface area contributed by atoms with Gasteiger partial charge in [-0.2, -0.15) is 0 Å². The zero-order chi connectivity index (χ0) is 17.2. The molecule has 1 saturated heterocycles. The molecule has 0 spiro atoms. The van der Waals surface area contributed by atoms with Crippen molar-refractivity contribution in [3.8, 4) is 11.5 Å². The van der Waals surface area contributed by atoms with Gasteiger partial charge in [0, 0.05) is 31.7 Å². The first-order valence-electron chi connectivity index (χ1n) is 8.19. The minimum absolute atomic E-state index is 0.0522. The highest BCUT2D eigenvalue weighted by molar-refractivity contribution is 7.12. The van der Waals surface area contributed by atoms with E-state index in [0.29, 0.717) is 49.8 Å². The molecular weight excluding hydrogens is 340 g/mol. The van der Waals surface area contributed by atoms with Gasteiger partial charge in [-0.05, 0) is 29.6 Å². The predicted molar refractivity (Wildman–Crippen MR) is 93.6 cm³/mol. The van der Waals surface area contributed by atoms with Crippen LogP contribution in [0.4, 0.5) is 0 Å². The second kappa shape index (κ2) is 6.85. The molecule has 130 valence electrons. The van der Waals surface area contributed by atoms with Crippen molar-refractivity contribution in [1.82, 2.24) is 9.80 Å². The molecule has 2 aliphatic rings. The number of hydrogen-bond donors (Lipinski definition) is 0. The van der Waals surface area contributed by atoms with Gasteiger partial charge in [0.15, 0.2) is 17.3 Å². The molecule has 2 aromatic rings. The van der Waals surface area contributed by atoms with Gasteiger partial charge in [0.1, 0.15) is 0 Å². The number of hydrogen-bond acceptors (Lipinski definition) is 6. The molecule has 1 amide bonds. The van der Waals surface area contributed by atoms with Crippen molar-refractivity contribution >= 4 is 23.0 Å². The van der Waals surface area contributed by atoms with E-state index in [2.05, 4.69) is 4.90 Å². The monoisotopic (exact) mass is 358 g/mol. The van der Waals surface area contributed by atoms with Crippen molar-refractivity contribution < 1.29 is 19.1 Å². The lowest BCUT2D eigenvalue weighted by atomic mass is 10.1. The van der Waals surface area contributed by atoms with Crippen LogP contribution in [-0.2, 0) is 0 Å². The van der Waals surface area contributed by atoms with E-state index in [1.54, 1.807) is 18.2 Å². The second-order valence-electron chi connectivity index (χ2n) is 6.04. The first-order chi connectivity index (χ1) is 12.2. The summed E-state index contributed by atoms with van der Waals surface area (Å²) in [7, 11) is 0. The lowest BCUT2D eigenvalue weighted by Crippen LogP contribution is -2.49. The number of ketones is 1. The van der Waals surface area contributed by atoms with Gasteiger partial charge in [0.05, 0.1) is 11.4 Å². The molecule has 25 heavy (non-hydrogen) atoms. The Morgan fingerprint density at radius 1 is 1.04 bits per heavy atom. The summed E-state index contributed by atoms with van der Waals surface area (Å²) in [5.74, 6) is 1.43. The largest absolute Gasteiger partial charge is 0.454 e. The first-order valence-corrected chi connectivity index (χ1v) is 9.07. The number of thiophene rings is 1. The van der Waals surface area contributed by atoms with Crippen molar-refractivity contribution in [2.24, 2.45) is 0 Å². The van der Waals surface area contributed by atoms with Gasteiger partial charge in [-0.25, -0.2) is 0 Å².